The number of methoxy groups -OCH3 is 2. The van der Waals surface area contributed by atoms with Crippen LogP contribution in [0.5, 0.6) is 11.5 Å². The van der Waals surface area contributed by atoms with Gasteiger partial charge in [0.25, 0.3) is 0 Å². The van der Waals surface area contributed by atoms with E-state index in [4.69, 9.17) is 14.6 Å². The number of aromatic amines is 1. The van der Waals surface area contributed by atoms with Gasteiger partial charge in [-0.15, -0.1) is 5.10 Å². The molecule has 0 saturated carbocycles. The number of nitrogens with one attached hydrogen (secondary N) is 2. The summed E-state index contributed by atoms with van der Waals surface area (Å²) in [4.78, 5) is 7.71. The van der Waals surface area contributed by atoms with Gasteiger partial charge in [0.2, 0.25) is 0 Å². The summed E-state index contributed by atoms with van der Waals surface area (Å²) in [6.45, 7) is 0. The summed E-state index contributed by atoms with van der Waals surface area (Å²) in [5.74, 6) is 2.03. The quantitative estimate of drug-likeness (QED) is 0.461. The van der Waals surface area contributed by atoms with Gasteiger partial charge >= 0.3 is 0 Å². The molecule has 0 radical (unpaired) electrons. The van der Waals surface area contributed by atoms with E-state index in [2.05, 4.69) is 39.6 Å². The molecule has 29 heavy (non-hydrogen) atoms. The summed E-state index contributed by atoms with van der Waals surface area (Å²) in [5, 5.41) is 9.20. The molecule has 0 saturated heterocycles. The molecule has 0 bridgehead atoms. The molecule has 2 aromatic carbocycles. The van der Waals surface area contributed by atoms with Gasteiger partial charge in [0.15, 0.2) is 23.0 Å². The number of H-pyrrole nitrogens is 1. The van der Waals surface area contributed by atoms with Crippen molar-refractivity contribution in [3.05, 3.63) is 67.0 Å². The number of hydrogen-bond acceptors (Lipinski definition) is 5. The highest BCUT2D eigenvalue weighted by atomic mass is 16.5. The van der Waals surface area contributed by atoms with Crippen LogP contribution in [0.1, 0.15) is 0 Å². The second-order valence-electron chi connectivity index (χ2n) is 6.61. The van der Waals surface area contributed by atoms with Crippen molar-refractivity contribution in [1.29, 1.82) is 0 Å². The average molecular weight is 385 g/mol. The number of ether oxygens (including phenoxy) is 2. The fraction of sp³-hybridized carbons (Fsp3) is 0.0909. The maximum Gasteiger partial charge on any atom is 0.162 e. The Hall–Kier alpha value is -4.00. The largest absolute Gasteiger partial charge is 0.493 e. The van der Waals surface area contributed by atoms with Crippen LogP contribution in [0.15, 0.2) is 67.0 Å². The highest BCUT2D eigenvalue weighted by Crippen LogP contribution is 2.31. The van der Waals surface area contributed by atoms with E-state index in [1.165, 1.54) is 0 Å². The van der Waals surface area contributed by atoms with Gasteiger partial charge in [0.05, 0.1) is 26.1 Å². The molecule has 7 nitrogen and oxygen atoms in total. The lowest BCUT2D eigenvalue weighted by Gasteiger charge is -2.11. The van der Waals surface area contributed by atoms with Crippen LogP contribution in [0, 0.1) is 0 Å². The fourth-order valence-corrected chi connectivity index (χ4v) is 3.41. The maximum absolute atomic E-state index is 5.37. The van der Waals surface area contributed by atoms with Crippen LogP contribution < -0.4 is 14.8 Å². The van der Waals surface area contributed by atoms with Crippen molar-refractivity contribution in [3.8, 4) is 22.8 Å². The van der Waals surface area contributed by atoms with E-state index in [0.29, 0.717) is 17.3 Å². The van der Waals surface area contributed by atoms with Crippen LogP contribution in [0.4, 0.5) is 11.5 Å². The molecule has 5 rings (SSSR count). The minimum absolute atomic E-state index is 0.654. The standard InChI is InChI=1S/C22H19N5O2/c1-28-19-6-4-16(12-20(19)29-2)25-21-7-8-22-24-13-18(27(22)26-21)15-3-5-17-14(11-15)9-10-23-17/h3-13,23H,1-2H3,(H,25,26). The molecule has 0 aliphatic carbocycles. The molecule has 0 atom stereocenters. The third-order valence-corrected chi connectivity index (χ3v) is 4.87. The van der Waals surface area contributed by atoms with Crippen LogP contribution in [-0.2, 0) is 0 Å². The highest BCUT2D eigenvalue weighted by molar-refractivity contribution is 5.84. The van der Waals surface area contributed by atoms with Crippen LogP contribution in [0.25, 0.3) is 27.8 Å². The fourth-order valence-electron chi connectivity index (χ4n) is 3.41. The Morgan fingerprint density at radius 3 is 2.69 bits per heavy atom. The van der Waals surface area contributed by atoms with E-state index >= 15 is 0 Å². The van der Waals surface area contributed by atoms with E-state index in [9.17, 15) is 0 Å². The number of benzene rings is 2. The summed E-state index contributed by atoms with van der Waals surface area (Å²) in [6.07, 6.45) is 3.78. The Labute approximate surface area is 166 Å². The molecular weight excluding hydrogens is 366 g/mol. The first-order valence-corrected chi connectivity index (χ1v) is 9.16. The van der Waals surface area contributed by atoms with Gasteiger partial charge < -0.3 is 19.8 Å². The van der Waals surface area contributed by atoms with Crippen molar-refractivity contribution in [2.45, 2.75) is 0 Å². The summed E-state index contributed by atoms with van der Waals surface area (Å²) in [5.41, 5.74) is 4.72. The van der Waals surface area contributed by atoms with Crippen molar-refractivity contribution in [2.24, 2.45) is 0 Å². The number of fused-ring (bicyclic) bond motifs is 2. The number of rotatable bonds is 5. The second-order valence-corrected chi connectivity index (χ2v) is 6.61. The third kappa shape index (κ3) is 3.02. The molecule has 0 fully saturated rings. The molecule has 7 heteroatoms. The van der Waals surface area contributed by atoms with E-state index in [1.54, 1.807) is 14.2 Å². The first kappa shape index (κ1) is 17.1. The number of aromatic nitrogens is 4. The minimum atomic E-state index is 0.654. The summed E-state index contributed by atoms with van der Waals surface area (Å²) in [6, 6.07) is 17.8. The van der Waals surface area contributed by atoms with Crippen LogP contribution in [0.3, 0.4) is 0 Å². The van der Waals surface area contributed by atoms with E-state index in [-0.39, 0.29) is 0 Å². The van der Waals surface area contributed by atoms with Gasteiger partial charge in [-0.25, -0.2) is 9.50 Å². The molecule has 3 heterocycles. The summed E-state index contributed by atoms with van der Waals surface area (Å²) >= 11 is 0. The molecule has 144 valence electrons. The zero-order chi connectivity index (χ0) is 19.8. The van der Waals surface area contributed by atoms with Crippen molar-refractivity contribution >= 4 is 28.1 Å². The first-order chi connectivity index (χ1) is 14.2. The zero-order valence-electron chi connectivity index (χ0n) is 16.0. The number of nitrogens with zero attached hydrogens (tertiary/aromatic N) is 3. The minimum Gasteiger partial charge on any atom is -0.493 e. The third-order valence-electron chi connectivity index (χ3n) is 4.87. The lowest BCUT2D eigenvalue weighted by Crippen LogP contribution is -2.01. The molecule has 2 N–H and O–H groups in total. The van der Waals surface area contributed by atoms with Gasteiger partial charge in [-0.2, -0.15) is 0 Å². The smallest absolute Gasteiger partial charge is 0.162 e. The molecule has 0 aliphatic rings. The van der Waals surface area contributed by atoms with Gasteiger partial charge in [0.1, 0.15) is 0 Å². The van der Waals surface area contributed by atoms with Crippen LogP contribution in [0.2, 0.25) is 0 Å². The van der Waals surface area contributed by atoms with Gasteiger partial charge in [0, 0.05) is 34.4 Å². The predicted molar refractivity (Wildman–Crippen MR) is 113 cm³/mol. The lowest BCUT2D eigenvalue weighted by molar-refractivity contribution is 0.355. The van der Waals surface area contributed by atoms with E-state index < -0.39 is 0 Å². The average Bonchev–Trinajstić information content (AvgIpc) is 3.39. The van der Waals surface area contributed by atoms with Crippen molar-refractivity contribution in [1.82, 2.24) is 19.6 Å². The lowest BCUT2D eigenvalue weighted by atomic mass is 10.1. The topological polar surface area (TPSA) is 76.5 Å². The highest BCUT2D eigenvalue weighted by Gasteiger charge is 2.10. The Balaban J connectivity index is 1.52. The summed E-state index contributed by atoms with van der Waals surface area (Å²) < 4.78 is 12.5. The molecule has 0 aliphatic heterocycles. The number of hydrogen-bond donors (Lipinski definition) is 2. The normalized spacial score (nSPS) is 11.1. The molecule has 0 spiro atoms. The zero-order valence-corrected chi connectivity index (χ0v) is 16.0. The second kappa shape index (κ2) is 6.87. The summed E-state index contributed by atoms with van der Waals surface area (Å²) in [7, 11) is 3.23. The number of imidazole rings is 1. The molecular formula is C22H19N5O2. The Bertz CT molecular complexity index is 1320. The molecule has 0 amide bonds. The predicted octanol–water partition coefficient (Wildman–Crippen LogP) is 4.64. The van der Waals surface area contributed by atoms with Gasteiger partial charge in [-0.3, -0.25) is 0 Å². The van der Waals surface area contributed by atoms with E-state index in [0.717, 1.165) is 33.5 Å². The first-order valence-electron chi connectivity index (χ1n) is 9.16. The van der Waals surface area contributed by atoms with Crippen LogP contribution >= 0.6 is 0 Å². The van der Waals surface area contributed by atoms with Gasteiger partial charge in [-0.05, 0) is 42.5 Å². The van der Waals surface area contributed by atoms with Crippen LogP contribution in [-0.4, -0.2) is 33.8 Å². The van der Waals surface area contributed by atoms with Crippen molar-refractivity contribution in [2.75, 3.05) is 19.5 Å². The van der Waals surface area contributed by atoms with Crippen molar-refractivity contribution in [3.63, 3.8) is 0 Å². The monoisotopic (exact) mass is 385 g/mol. The van der Waals surface area contributed by atoms with E-state index in [1.807, 2.05) is 47.2 Å². The SMILES string of the molecule is COc1ccc(Nc2ccc3ncc(-c4ccc5[nH]ccc5c4)n3n2)cc1OC. The molecule has 3 aromatic heterocycles. The Kier molecular flexibility index (Phi) is 4.05. The maximum atomic E-state index is 5.37. The Morgan fingerprint density at radius 2 is 1.83 bits per heavy atom. The van der Waals surface area contributed by atoms with Gasteiger partial charge in [-0.1, -0.05) is 6.07 Å². The molecule has 5 aromatic rings. The molecule has 0 unspecified atom stereocenters. The Morgan fingerprint density at radius 1 is 0.931 bits per heavy atom. The van der Waals surface area contributed by atoms with Crippen molar-refractivity contribution < 1.29 is 9.47 Å². The number of anilines is 2.